The Morgan fingerprint density at radius 1 is 1.35 bits per heavy atom. The van der Waals surface area contributed by atoms with Crippen LogP contribution in [0.4, 0.5) is 17.6 Å². The molecule has 0 saturated carbocycles. The molecule has 0 aliphatic heterocycles. The highest BCUT2D eigenvalue weighted by atomic mass is 19.4. The van der Waals surface area contributed by atoms with Crippen LogP contribution in [0.25, 0.3) is 11.0 Å². The second-order valence-corrected chi connectivity index (χ2v) is 3.26. The number of halogens is 4. The minimum atomic E-state index is -4.51. The third-order valence-electron chi connectivity index (χ3n) is 2.07. The lowest BCUT2D eigenvalue weighted by Gasteiger charge is -2.06. The zero-order chi connectivity index (χ0) is 12.6. The minimum absolute atomic E-state index is 0.0483. The van der Waals surface area contributed by atoms with Crippen molar-refractivity contribution < 1.29 is 17.6 Å². The molecule has 2 aromatic rings. The molecule has 0 aliphatic rings. The number of aromatic nitrogens is 3. The maximum absolute atomic E-state index is 13.2. The Morgan fingerprint density at radius 3 is 2.65 bits per heavy atom. The molecule has 1 aromatic carbocycles. The zero-order valence-electron chi connectivity index (χ0n) is 8.16. The molecule has 0 saturated heterocycles. The van der Waals surface area contributed by atoms with Crippen molar-refractivity contribution in [2.45, 2.75) is 12.7 Å². The van der Waals surface area contributed by atoms with E-state index in [0.717, 1.165) is 6.07 Å². The van der Waals surface area contributed by atoms with Crippen molar-refractivity contribution in [2.75, 3.05) is 0 Å². The van der Waals surface area contributed by atoms with Gasteiger partial charge in [0.25, 0.3) is 0 Å². The van der Waals surface area contributed by atoms with Gasteiger partial charge < -0.3 is 0 Å². The van der Waals surface area contributed by atoms with Crippen LogP contribution in [-0.2, 0) is 6.54 Å². The number of benzene rings is 1. The molecule has 0 radical (unpaired) electrons. The molecule has 0 unspecified atom stereocenters. The van der Waals surface area contributed by atoms with E-state index in [0.29, 0.717) is 4.68 Å². The summed E-state index contributed by atoms with van der Waals surface area (Å²) < 4.78 is 50.4. The van der Waals surface area contributed by atoms with Crippen LogP contribution in [0.1, 0.15) is 5.56 Å². The van der Waals surface area contributed by atoms with Gasteiger partial charge in [-0.05, 0) is 12.1 Å². The van der Waals surface area contributed by atoms with Crippen molar-refractivity contribution in [1.82, 2.24) is 15.0 Å². The number of nitriles is 1. The molecule has 0 fully saturated rings. The number of nitrogens with zero attached hydrogens (tertiary/aromatic N) is 4. The Labute approximate surface area is 92.1 Å². The van der Waals surface area contributed by atoms with Gasteiger partial charge in [0, 0.05) is 0 Å². The summed E-state index contributed by atoms with van der Waals surface area (Å²) in [6, 6.07) is 3.65. The second kappa shape index (κ2) is 3.69. The van der Waals surface area contributed by atoms with Crippen molar-refractivity contribution in [1.29, 1.82) is 5.26 Å². The molecular formula is C9H4F4N4. The fourth-order valence-corrected chi connectivity index (χ4v) is 1.43. The largest absolute Gasteiger partial charge is 0.408 e. The highest BCUT2D eigenvalue weighted by Crippen LogP contribution is 2.23. The van der Waals surface area contributed by atoms with Crippen LogP contribution in [0, 0.1) is 17.1 Å². The fraction of sp³-hybridized carbons (Fsp3) is 0.222. The van der Waals surface area contributed by atoms with E-state index in [1.807, 2.05) is 0 Å². The lowest BCUT2D eigenvalue weighted by molar-refractivity contribution is -0.142. The summed E-state index contributed by atoms with van der Waals surface area (Å²) in [7, 11) is 0. The van der Waals surface area contributed by atoms with Crippen LogP contribution in [0.2, 0.25) is 0 Å². The SMILES string of the molecule is N#Cc1c(F)ccc2nnn(CC(F)(F)F)c12. The molecule has 1 aromatic heterocycles. The van der Waals surface area contributed by atoms with E-state index in [9.17, 15) is 17.6 Å². The van der Waals surface area contributed by atoms with Crippen LogP contribution in [0.3, 0.4) is 0 Å². The van der Waals surface area contributed by atoms with Gasteiger partial charge in [0.05, 0.1) is 0 Å². The maximum atomic E-state index is 13.2. The second-order valence-electron chi connectivity index (χ2n) is 3.26. The molecule has 2 rings (SSSR count). The van der Waals surface area contributed by atoms with Gasteiger partial charge in [-0.1, -0.05) is 5.21 Å². The van der Waals surface area contributed by atoms with Gasteiger partial charge in [0.1, 0.15) is 35.0 Å². The molecule has 88 valence electrons. The van der Waals surface area contributed by atoms with E-state index < -0.39 is 24.1 Å². The highest BCUT2D eigenvalue weighted by Gasteiger charge is 2.30. The lowest BCUT2D eigenvalue weighted by Crippen LogP contribution is -2.19. The number of alkyl halides is 3. The Balaban J connectivity index is 2.67. The summed E-state index contributed by atoms with van der Waals surface area (Å²) in [5, 5.41) is 15.4. The van der Waals surface area contributed by atoms with Crippen molar-refractivity contribution in [2.24, 2.45) is 0 Å². The van der Waals surface area contributed by atoms with Gasteiger partial charge in [-0.3, -0.25) is 0 Å². The Hall–Kier alpha value is -2.17. The first-order valence-corrected chi connectivity index (χ1v) is 4.41. The zero-order valence-corrected chi connectivity index (χ0v) is 8.16. The van der Waals surface area contributed by atoms with Gasteiger partial charge in [-0.2, -0.15) is 18.4 Å². The molecular weight excluding hydrogens is 240 g/mol. The van der Waals surface area contributed by atoms with E-state index in [1.165, 1.54) is 12.1 Å². The van der Waals surface area contributed by atoms with E-state index >= 15 is 0 Å². The third-order valence-corrected chi connectivity index (χ3v) is 2.07. The van der Waals surface area contributed by atoms with E-state index in [1.54, 1.807) is 0 Å². The smallest absolute Gasteiger partial charge is 0.234 e. The topological polar surface area (TPSA) is 54.5 Å². The quantitative estimate of drug-likeness (QED) is 0.721. The predicted molar refractivity (Wildman–Crippen MR) is 48.3 cm³/mol. The fourth-order valence-electron chi connectivity index (χ4n) is 1.43. The molecule has 0 amide bonds. The minimum Gasteiger partial charge on any atom is -0.234 e. The summed E-state index contributed by atoms with van der Waals surface area (Å²) in [6.45, 7) is -1.42. The molecule has 4 nitrogen and oxygen atoms in total. The molecule has 8 heteroatoms. The third kappa shape index (κ3) is 2.04. The summed E-state index contributed by atoms with van der Waals surface area (Å²) in [5.41, 5.74) is -0.686. The average molecular weight is 244 g/mol. The summed E-state index contributed by atoms with van der Waals surface area (Å²) in [5.74, 6) is -0.897. The molecule has 0 spiro atoms. The van der Waals surface area contributed by atoms with Crippen LogP contribution in [-0.4, -0.2) is 21.2 Å². The van der Waals surface area contributed by atoms with E-state index in [2.05, 4.69) is 10.3 Å². The normalized spacial score (nSPS) is 11.7. The van der Waals surface area contributed by atoms with Crippen LogP contribution < -0.4 is 0 Å². The Morgan fingerprint density at radius 2 is 2.06 bits per heavy atom. The summed E-state index contributed by atoms with van der Waals surface area (Å²) in [4.78, 5) is 0. The van der Waals surface area contributed by atoms with Crippen molar-refractivity contribution >= 4 is 11.0 Å². The molecule has 0 atom stereocenters. The van der Waals surface area contributed by atoms with Gasteiger partial charge in [0.15, 0.2) is 0 Å². The van der Waals surface area contributed by atoms with Crippen LogP contribution >= 0.6 is 0 Å². The van der Waals surface area contributed by atoms with Gasteiger partial charge >= 0.3 is 6.18 Å². The molecule has 1 heterocycles. The summed E-state index contributed by atoms with van der Waals surface area (Å²) in [6.07, 6.45) is -4.51. The first-order valence-electron chi connectivity index (χ1n) is 4.41. The van der Waals surface area contributed by atoms with Crippen molar-refractivity contribution in [3.05, 3.63) is 23.5 Å². The predicted octanol–water partition coefficient (Wildman–Crippen LogP) is 2.00. The molecule has 0 bridgehead atoms. The van der Waals surface area contributed by atoms with E-state index in [4.69, 9.17) is 5.26 Å². The van der Waals surface area contributed by atoms with Crippen LogP contribution in [0.15, 0.2) is 12.1 Å². The monoisotopic (exact) mass is 244 g/mol. The molecule has 0 N–H and O–H groups in total. The lowest BCUT2D eigenvalue weighted by atomic mass is 10.2. The average Bonchev–Trinajstić information content (AvgIpc) is 2.59. The Bertz CT molecular complexity index is 608. The summed E-state index contributed by atoms with van der Waals surface area (Å²) >= 11 is 0. The first-order chi connectivity index (χ1) is 7.92. The molecule has 17 heavy (non-hydrogen) atoms. The maximum Gasteiger partial charge on any atom is 0.408 e. The van der Waals surface area contributed by atoms with Crippen LogP contribution in [0.5, 0.6) is 0 Å². The number of fused-ring (bicyclic) bond motifs is 1. The van der Waals surface area contributed by atoms with Gasteiger partial charge in [0.2, 0.25) is 0 Å². The molecule has 0 aliphatic carbocycles. The van der Waals surface area contributed by atoms with Gasteiger partial charge in [-0.15, -0.1) is 5.10 Å². The van der Waals surface area contributed by atoms with Crippen molar-refractivity contribution in [3.8, 4) is 6.07 Å². The van der Waals surface area contributed by atoms with E-state index in [-0.39, 0.29) is 11.0 Å². The number of hydrogen-bond donors (Lipinski definition) is 0. The first kappa shape index (κ1) is 11.3. The van der Waals surface area contributed by atoms with Gasteiger partial charge in [-0.25, -0.2) is 9.07 Å². The number of rotatable bonds is 1. The van der Waals surface area contributed by atoms with Crippen molar-refractivity contribution in [3.63, 3.8) is 0 Å². The Kier molecular flexibility index (Phi) is 2.46. The standard InChI is InChI=1S/C9H4F4N4/c10-6-1-2-7-8(5(6)3-14)17(16-15-7)4-9(11,12)13/h1-2H,4H2. The number of hydrogen-bond acceptors (Lipinski definition) is 3. The highest BCUT2D eigenvalue weighted by molar-refractivity contribution is 5.81.